The minimum atomic E-state index is 1.10. The van der Waals surface area contributed by atoms with E-state index in [0.29, 0.717) is 0 Å². The minimum absolute atomic E-state index is 1.10. The van der Waals surface area contributed by atoms with Crippen molar-refractivity contribution in [1.82, 2.24) is 4.57 Å². The zero-order valence-corrected chi connectivity index (χ0v) is 35.2. The topological polar surface area (TPSA) is 8.17 Å². The third kappa shape index (κ3) is 6.67. The maximum absolute atomic E-state index is 2.41. The van der Waals surface area contributed by atoms with Crippen LogP contribution in [0.15, 0.2) is 243 Å². The van der Waals surface area contributed by atoms with Crippen molar-refractivity contribution < 1.29 is 0 Å². The Morgan fingerprint density at radius 1 is 0.270 bits per heavy atom. The number of nitrogens with zero attached hydrogens (tertiary/aromatic N) is 2. The molecule has 0 saturated carbocycles. The summed E-state index contributed by atoms with van der Waals surface area (Å²) >= 11 is 1.86. The smallest absolute Gasteiger partial charge is 0.0541 e. The molecule has 0 N–H and O–H groups in total. The maximum Gasteiger partial charge on any atom is 0.0541 e. The summed E-state index contributed by atoms with van der Waals surface area (Å²) in [5.74, 6) is 0. The van der Waals surface area contributed by atoms with Gasteiger partial charge in [0.05, 0.1) is 11.0 Å². The third-order valence-corrected chi connectivity index (χ3v) is 13.5. The van der Waals surface area contributed by atoms with Gasteiger partial charge in [-0.3, -0.25) is 0 Å². The lowest BCUT2D eigenvalue weighted by Crippen LogP contribution is -2.10. The van der Waals surface area contributed by atoms with Gasteiger partial charge in [-0.25, -0.2) is 0 Å². The van der Waals surface area contributed by atoms with Crippen molar-refractivity contribution in [3.05, 3.63) is 243 Å². The highest BCUT2D eigenvalue weighted by atomic mass is 32.1. The van der Waals surface area contributed by atoms with Gasteiger partial charge >= 0.3 is 0 Å². The van der Waals surface area contributed by atoms with Crippen LogP contribution in [0.4, 0.5) is 17.1 Å². The predicted octanol–water partition coefficient (Wildman–Crippen LogP) is 17.3. The fourth-order valence-corrected chi connectivity index (χ4v) is 10.4. The van der Waals surface area contributed by atoms with Gasteiger partial charge in [0.2, 0.25) is 0 Å². The number of hydrogen-bond donors (Lipinski definition) is 0. The number of para-hydroxylation sites is 2. The van der Waals surface area contributed by atoms with E-state index in [9.17, 15) is 0 Å². The molecule has 0 unspecified atom stereocenters. The average Bonchev–Trinajstić information content (AvgIpc) is 3.90. The first-order valence-corrected chi connectivity index (χ1v) is 22.3. The van der Waals surface area contributed by atoms with Crippen LogP contribution < -0.4 is 4.90 Å². The summed E-state index contributed by atoms with van der Waals surface area (Å²) < 4.78 is 5.01. The summed E-state index contributed by atoms with van der Waals surface area (Å²) in [6.07, 6.45) is 0. The Morgan fingerprint density at radius 3 is 1.29 bits per heavy atom. The summed E-state index contributed by atoms with van der Waals surface area (Å²) in [7, 11) is 0. The lowest BCUT2D eigenvalue weighted by Gasteiger charge is -2.26. The Morgan fingerprint density at radius 2 is 0.698 bits per heavy atom. The number of thiophene rings is 1. The highest BCUT2D eigenvalue weighted by Gasteiger charge is 2.17. The number of hydrogen-bond acceptors (Lipinski definition) is 2. The average molecular weight is 821 g/mol. The molecule has 0 aliphatic heterocycles. The van der Waals surface area contributed by atoms with E-state index in [1.165, 1.54) is 92.2 Å². The van der Waals surface area contributed by atoms with E-state index in [4.69, 9.17) is 0 Å². The van der Waals surface area contributed by atoms with Crippen molar-refractivity contribution in [3.8, 4) is 50.2 Å². The Kier molecular flexibility index (Phi) is 9.06. The SMILES string of the molecule is c1ccc(-c2ccc(N(c3ccc(-c4ccccc4)cc3)c3cccc(-c4cccc(-c5ccc6sc7ccc(-n8c9ccccc9c9ccccc98)cc7c6c5)c4)c3)cc2)cc1. The van der Waals surface area contributed by atoms with Crippen LogP contribution in [-0.4, -0.2) is 4.57 Å². The number of rotatable bonds is 8. The zero-order chi connectivity index (χ0) is 41.7. The van der Waals surface area contributed by atoms with Gasteiger partial charge in [-0.1, -0.05) is 158 Å². The molecule has 0 spiro atoms. The summed E-state index contributed by atoms with van der Waals surface area (Å²) in [5, 5.41) is 5.13. The Labute approximate surface area is 370 Å². The standard InChI is InChI=1S/C60H40N2S/c1-3-13-41(14-4-1)43-25-30-49(31-26-43)61(50-32-27-44(28-33-50)42-15-5-2-6-16-42)51-20-12-19-47(38-51)45-17-11-18-46(37-45)48-29-35-59-55(39-48)56-40-52(34-36-60(56)63-59)62-57-23-9-7-21-53(57)54-22-8-10-24-58(54)62/h1-40H. The molecular weight excluding hydrogens is 781 g/mol. The first-order chi connectivity index (χ1) is 31.2. The third-order valence-electron chi connectivity index (χ3n) is 12.4. The Bertz CT molecular complexity index is 3470. The molecular formula is C60H40N2S. The molecule has 3 heteroatoms. The molecule has 2 aromatic heterocycles. The highest BCUT2D eigenvalue weighted by Crippen LogP contribution is 2.42. The van der Waals surface area contributed by atoms with Gasteiger partial charge < -0.3 is 9.47 Å². The molecule has 63 heavy (non-hydrogen) atoms. The van der Waals surface area contributed by atoms with E-state index in [1.54, 1.807) is 0 Å². The van der Waals surface area contributed by atoms with Crippen molar-refractivity contribution in [3.63, 3.8) is 0 Å². The molecule has 0 radical (unpaired) electrons. The summed E-state index contributed by atoms with van der Waals surface area (Å²) in [4.78, 5) is 2.36. The van der Waals surface area contributed by atoms with E-state index in [1.807, 2.05) is 11.3 Å². The molecule has 10 aromatic carbocycles. The molecule has 296 valence electrons. The molecule has 2 nitrogen and oxygen atoms in total. The molecule has 0 aliphatic carbocycles. The van der Waals surface area contributed by atoms with Crippen LogP contribution in [0.5, 0.6) is 0 Å². The summed E-state index contributed by atoms with van der Waals surface area (Å²) in [6, 6.07) is 88.3. The van der Waals surface area contributed by atoms with Crippen molar-refractivity contribution in [2.24, 2.45) is 0 Å². The van der Waals surface area contributed by atoms with E-state index < -0.39 is 0 Å². The predicted molar refractivity (Wildman–Crippen MR) is 270 cm³/mol. The van der Waals surface area contributed by atoms with Crippen molar-refractivity contribution in [2.75, 3.05) is 4.90 Å². The molecule has 0 bridgehead atoms. The maximum atomic E-state index is 2.41. The molecule has 0 atom stereocenters. The molecule has 0 aliphatic rings. The number of benzene rings is 10. The highest BCUT2D eigenvalue weighted by molar-refractivity contribution is 7.25. The lowest BCUT2D eigenvalue weighted by molar-refractivity contribution is 1.19. The second-order valence-corrected chi connectivity index (χ2v) is 17.2. The van der Waals surface area contributed by atoms with Gasteiger partial charge in [0.15, 0.2) is 0 Å². The van der Waals surface area contributed by atoms with Crippen LogP contribution in [0, 0.1) is 0 Å². The summed E-state index contributed by atoms with van der Waals surface area (Å²) in [5.41, 5.74) is 16.5. The molecule has 0 saturated heterocycles. The number of aromatic nitrogens is 1. The van der Waals surface area contributed by atoms with E-state index in [-0.39, 0.29) is 0 Å². The monoisotopic (exact) mass is 820 g/mol. The van der Waals surface area contributed by atoms with Crippen LogP contribution in [0.25, 0.3) is 92.2 Å². The zero-order valence-electron chi connectivity index (χ0n) is 34.4. The molecule has 12 rings (SSSR count). The summed E-state index contributed by atoms with van der Waals surface area (Å²) in [6.45, 7) is 0. The second kappa shape index (κ2) is 15.5. The molecule has 2 heterocycles. The van der Waals surface area contributed by atoms with Gasteiger partial charge in [-0.15, -0.1) is 11.3 Å². The largest absolute Gasteiger partial charge is 0.310 e. The van der Waals surface area contributed by atoms with Gasteiger partial charge in [0.25, 0.3) is 0 Å². The van der Waals surface area contributed by atoms with Gasteiger partial charge in [0.1, 0.15) is 0 Å². The van der Waals surface area contributed by atoms with Crippen LogP contribution in [0.1, 0.15) is 0 Å². The Hall–Kier alpha value is -7.98. The first kappa shape index (κ1) is 36.8. The van der Waals surface area contributed by atoms with Crippen LogP contribution in [-0.2, 0) is 0 Å². The van der Waals surface area contributed by atoms with Crippen LogP contribution in [0.3, 0.4) is 0 Å². The lowest BCUT2D eigenvalue weighted by atomic mass is 9.97. The first-order valence-electron chi connectivity index (χ1n) is 21.5. The van der Waals surface area contributed by atoms with Crippen molar-refractivity contribution in [2.45, 2.75) is 0 Å². The normalized spacial score (nSPS) is 11.5. The fraction of sp³-hybridized carbons (Fsp3) is 0. The second-order valence-electron chi connectivity index (χ2n) is 16.2. The van der Waals surface area contributed by atoms with Crippen LogP contribution in [0.2, 0.25) is 0 Å². The van der Waals surface area contributed by atoms with E-state index in [0.717, 1.165) is 17.1 Å². The molecule has 0 amide bonds. The quantitative estimate of drug-likeness (QED) is 0.148. The Balaban J connectivity index is 0.914. The van der Waals surface area contributed by atoms with Crippen molar-refractivity contribution >= 4 is 70.4 Å². The van der Waals surface area contributed by atoms with E-state index >= 15 is 0 Å². The van der Waals surface area contributed by atoms with E-state index in [2.05, 4.69) is 252 Å². The molecule has 0 fully saturated rings. The van der Waals surface area contributed by atoms with Crippen LogP contribution >= 0.6 is 11.3 Å². The van der Waals surface area contributed by atoms with Crippen molar-refractivity contribution in [1.29, 1.82) is 0 Å². The number of fused-ring (bicyclic) bond motifs is 6. The fourth-order valence-electron chi connectivity index (χ4n) is 9.30. The molecule has 12 aromatic rings. The number of anilines is 3. The van der Waals surface area contributed by atoms with Gasteiger partial charge in [-0.05, 0) is 129 Å². The minimum Gasteiger partial charge on any atom is -0.310 e. The van der Waals surface area contributed by atoms with Gasteiger partial charge in [-0.2, -0.15) is 0 Å². The van der Waals surface area contributed by atoms with Gasteiger partial charge in [0, 0.05) is 53.7 Å².